The van der Waals surface area contributed by atoms with E-state index in [1.807, 2.05) is 18.2 Å². The lowest BCUT2D eigenvalue weighted by Gasteiger charge is -2.19. The number of nitrogens with zero attached hydrogens (tertiary/aromatic N) is 1. The minimum atomic E-state index is 0.431. The highest BCUT2D eigenvalue weighted by atomic mass is 32.1. The number of carbonyl (C=O) groups is 1. The predicted octanol–water partition coefficient (Wildman–Crippen LogP) is 4.11. The summed E-state index contributed by atoms with van der Waals surface area (Å²) in [6, 6.07) is 10.3. The average Bonchev–Trinajstić information content (AvgIpc) is 2.91. The van der Waals surface area contributed by atoms with Crippen molar-refractivity contribution >= 4 is 17.1 Å². The number of thiazole rings is 1. The Hall–Kier alpha value is -1.48. The van der Waals surface area contributed by atoms with Gasteiger partial charge >= 0.3 is 0 Å². The summed E-state index contributed by atoms with van der Waals surface area (Å²) in [5.41, 5.74) is 2.26. The molecule has 2 aromatic rings. The second kappa shape index (κ2) is 5.66. The predicted molar refractivity (Wildman–Crippen MR) is 78.2 cm³/mol. The number of rotatable bonds is 3. The molecule has 98 valence electrons. The van der Waals surface area contributed by atoms with Crippen molar-refractivity contribution in [3.8, 4) is 11.3 Å². The Morgan fingerprint density at radius 1 is 1.16 bits per heavy atom. The Balaban J connectivity index is 1.67. The molecular formula is C16H17NOS. The highest BCUT2D eigenvalue weighted by Crippen LogP contribution is 2.28. The number of aromatic nitrogens is 1. The molecule has 1 aromatic heterocycles. The summed E-state index contributed by atoms with van der Waals surface area (Å²) in [5.74, 6) is 1.08. The van der Waals surface area contributed by atoms with E-state index in [-0.39, 0.29) is 0 Å². The van der Waals surface area contributed by atoms with Crippen LogP contribution in [0.4, 0.5) is 0 Å². The Morgan fingerprint density at radius 3 is 2.63 bits per heavy atom. The molecule has 1 aliphatic carbocycles. The van der Waals surface area contributed by atoms with Crippen LogP contribution < -0.4 is 0 Å². The maximum absolute atomic E-state index is 11.2. The number of ketones is 1. The number of hydrogen-bond donors (Lipinski definition) is 0. The summed E-state index contributed by atoms with van der Waals surface area (Å²) in [4.78, 5) is 16.0. The fraction of sp³-hybridized carbons (Fsp3) is 0.375. The molecule has 0 unspecified atom stereocenters. The standard InChI is InChI=1S/C16H17NOS/c18-14-8-6-12(7-9-14)10-16-17-15(11-19-16)13-4-2-1-3-5-13/h1-5,11-12H,6-10H2. The molecule has 0 bridgehead atoms. The van der Waals surface area contributed by atoms with Gasteiger partial charge in [0.05, 0.1) is 10.7 Å². The first-order valence-corrected chi connectivity index (χ1v) is 7.71. The van der Waals surface area contributed by atoms with Crippen LogP contribution in [0.3, 0.4) is 0 Å². The van der Waals surface area contributed by atoms with Gasteiger partial charge in [-0.1, -0.05) is 30.3 Å². The molecule has 0 atom stereocenters. The zero-order chi connectivity index (χ0) is 13.1. The molecule has 0 aliphatic heterocycles. The van der Waals surface area contributed by atoms with E-state index in [1.54, 1.807) is 11.3 Å². The molecule has 19 heavy (non-hydrogen) atoms. The Morgan fingerprint density at radius 2 is 1.89 bits per heavy atom. The number of Topliss-reactive ketones (excluding diaryl/α,β-unsaturated/α-hetero) is 1. The fourth-order valence-electron chi connectivity index (χ4n) is 2.60. The van der Waals surface area contributed by atoms with Crippen LogP contribution >= 0.6 is 11.3 Å². The van der Waals surface area contributed by atoms with E-state index in [1.165, 1.54) is 10.6 Å². The van der Waals surface area contributed by atoms with E-state index in [9.17, 15) is 4.79 Å². The lowest BCUT2D eigenvalue weighted by molar-refractivity contribution is -0.121. The van der Waals surface area contributed by atoms with Crippen LogP contribution in [-0.4, -0.2) is 10.8 Å². The molecule has 0 radical (unpaired) electrons. The summed E-state index contributed by atoms with van der Waals surface area (Å²) in [5, 5.41) is 3.34. The molecule has 2 nitrogen and oxygen atoms in total. The van der Waals surface area contributed by atoms with Gasteiger partial charge in [0, 0.05) is 30.2 Å². The third-order valence-electron chi connectivity index (χ3n) is 3.75. The Bertz CT molecular complexity index is 551. The second-order valence-electron chi connectivity index (χ2n) is 5.18. The van der Waals surface area contributed by atoms with Crippen LogP contribution in [0.1, 0.15) is 30.7 Å². The topological polar surface area (TPSA) is 30.0 Å². The van der Waals surface area contributed by atoms with Gasteiger partial charge in [-0.15, -0.1) is 11.3 Å². The zero-order valence-electron chi connectivity index (χ0n) is 10.8. The number of carbonyl (C=O) groups excluding carboxylic acids is 1. The Labute approximate surface area is 117 Å². The molecular weight excluding hydrogens is 254 g/mol. The molecule has 0 amide bonds. The van der Waals surface area contributed by atoms with Crippen LogP contribution in [0.15, 0.2) is 35.7 Å². The van der Waals surface area contributed by atoms with Gasteiger partial charge in [-0.25, -0.2) is 4.98 Å². The van der Waals surface area contributed by atoms with Crippen LogP contribution in [-0.2, 0) is 11.2 Å². The molecule has 1 fully saturated rings. The van der Waals surface area contributed by atoms with Crippen molar-refractivity contribution in [3.63, 3.8) is 0 Å². The minimum absolute atomic E-state index is 0.431. The minimum Gasteiger partial charge on any atom is -0.300 e. The molecule has 3 rings (SSSR count). The van der Waals surface area contributed by atoms with Gasteiger partial charge in [0.25, 0.3) is 0 Å². The fourth-order valence-corrected chi connectivity index (χ4v) is 3.52. The smallest absolute Gasteiger partial charge is 0.132 e. The summed E-state index contributed by atoms with van der Waals surface area (Å²) in [6.45, 7) is 0. The molecule has 0 N–H and O–H groups in total. The largest absolute Gasteiger partial charge is 0.300 e. The van der Waals surface area contributed by atoms with Gasteiger partial charge < -0.3 is 0 Å². The highest BCUT2D eigenvalue weighted by molar-refractivity contribution is 7.09. The van der Waals surface area contributed by atoms with Crippen molar-refractivity contribution in [1.82, 2.24) is 4.98 Å². The maximum Gasteiger partial charge on any atom is 0.132 e. The summed E-state index contributed by atoms with van der Waals surface area (Å²) >= 11 is 1.74. The van der Waals surface area contributed by atoms with Crippen molar-refractivity contribution in [2.75, 3.05) is 0 Å². The van der Waals surface area contributed by atoms with E-state index in [0.29, 0.717) is 11.7 Å². The SMILES string of the molecule is O=C1CCC(Cc2nc(-c3ccccc3)cs2)CC1. The monoisotopic (exact) mass is 271 g/mol. The summed E-state index contributed by atoms with van der Waals surface area (Å²) in [6.07, 6.45) is 4.64. The lowest BCUT2D eigenvalue weighted by Crippen LogP contribution is -2.15. The van der Waals surface area contributed by atoms with E-state index in [4.69, 9.17) is 4.98 Å². The Kier molecular flexibility index (Phi) is 3.74. The van der Waals surface area contributed by atoms with Crippen LogP contribution in [0.2, 0.25) is 0 Å². The molecule has 0 saturated heterocycles. The third kappa shape index (κ3) is 3.10. The summed E-state index contributed by atoms with van der Waals surface area (Å²) < 4.78 is 0. The highest BCUT2D eigenvalue weighted by Gasteiger charge is 2.20. The first-order valence-electron chi connectivity index (χ1n) is 6.83. The van der Waals surface area contributed by atoms with Crippen molar-refractivity contribution in [2.24, 2.45) is 5.92 Å². The van der Waals surface area contributed by atoms with Crippen molar-refractivity contribution in [1.29, 1.82) is 0 Å². The van der Waals surface area contributed by atoms with Gasteiger partial charge in [0.15, 0.2) is 0 Å². The molecule has 1 heterocycles. The maximum atomic E-state index is 11.2. The van der Waals surface area contributed by atoms with Crippen LogP contribution in [0.5, 0.6) is 0 Å². The molecule has 1 saturated carbocycles. The molecule has 0 spiro atoms. The second-order valence-corrected chi connectivity index (χ2v) is 6.12. The molecule has 3 heteroatoms. The zero-order valence-corrected chi connectivity index (χ0v) is 11.7. The van der Waals surface area contributed by atoms with Crippen LogP contribution in [0, 0.1) is 5.92 Å². The summed E-state index contributed by atoms with van der Waals surface area (Å²) in [7, 11) is 0. The van der Waals surface area contributed by atoms with E-state index >= 15 is 0 Å². The van der Waals surface area contributed by atoms with E-state index in [0.717, 1.165) is 37.8 Å². The van der Waals surface area contributed by atoms with Crippen molar-refractivity contribution in [3.05, 3.63) is 40.7 Å². The molecule has 1 aromatic carbocycles. The van der Waals surface area contributed by atoms with Gasteiger partial charge in [-0.2, -0.15) is 0 Å². The lowest BCUT2D eigenvalue weighted by atomic mass is 9.86. The first kappa shape index (κ1) is 12.5. The average molecular weight is 271 g/mol. The van der Waals surface area contributed by atoms with Crippen molar-refractivity contribution < 1.29 is 4.79 Å². The van der Waals surface area contributed by atoms with Gasteiger partial charge in [-0.3, -0.25) is 4.79 Å². The molecule has 1 aliphatic rings. The third-order valence-corrected chi connectivity index (χ3v) is 4.62. The first-order chi connectivity index (χ1) is 9.31. The quantitative estimate of drug-likeness (QED) is 0.840. The van der Waals surface area contributed by atoms with E-state index < -0.39 is 0 Å². The normalized spacial score (nSPS) is 16.7. The van der Waals surface area contributed by atoms with Crippen LogP contribution in [0.25, 0.3) is 11.3 Å². The van der Waals surface area contributed by atoms with Crippen molar-refractivity contribution in [2.45, 2.75) is 32.1 Å². The number of benzene rings is 1. The number of hydrogen-bond acceptors (Lipinski definition) is 3. The van der Waals surface area contributed by atoms with Gasteiger partial charge in [0.1, 0.15) is 5.78 Å². The van der Waals surface area contributed by atoms with E-state index in [2.05, 4.69) is 17.5 Å². The van der Waals surface area contributed by atoms with Gasteiger partial charge in [0.2, 0.25) is 0 Å². The van der Waals surface area contributed by atoms with Gasteiger partial charge in [-0.05, 0) is 18.8 Å².